The number of ether oxygens (including phenoxy) is 1. The average Bonchev–Trinajstić information content (AvgIpc) is 2.14. The highest BCUT2D eigenvalue weighted by Crippen LogP contribution is 1.90. The number of aliphatic hydroxyl groups is 4. The molecule has 0 rings (SSSR count). The van der Waals surface area contributed by atoms with E-state index in [1.54, 1.807) is 20.8 Å². The summed E-state index contributed by atoms with van der Waals surface area (Å²) < 4.78 is 4.95. The fourth-order valence-corrected chi connectivity index (χ4v) is 0.543. The molecule has 0 aliphatic carbocycles. The molecule has 5 heteroatoms. The van der Waals surface area contributed by atoms with Gasteiger partial charge in [0.05, 0.1) is 31.5 Å². The van der Waals surface area contributed by atoms with Crippen molar-refractivity contribution in [1.29, 1.82) is 0 Å². The molecule has 0 saturated carbocycles. The van der Waals surface area contributed by atoms with Gasteiger partial charge in [-0.05, 0) is 27.2 Å². The summed E-state index contributed by atoms with van der Waals surface area (Å²) in [5.41, 5.74) is 0. The molecule has 15 heavy (non-hydrogen) atoms. The van der Waals surface area contributed by atoms with Gasteiger partial charge in [-0.1, -0.05) is 0 Å². The van der Waals surface area contributed by atoms with Crippen molar-refractivity contribution in [2.24, 2.45) is 0 Å². The maximum Gasteiger partial charge on any atom is 0.0779 e. The molecule has 4 N–H and O–H groups in total. The van der Waals surface area contributed by atoms with Gasteiger partial charge in [-0.25, -0.2) is 0 Å². The van der Waals surface area contributed by atoms with E-state index >= 15 is 0 Å². The first-order valence-corrected chi connectivity index (χ1v) is 5.13. The Morgan fingerprint density at radius 2 is 1.53 bits per heavy atom. The van der Waals surface area contributed by atoms with Gasteiger partial charge in [0.1, 0.15) is 0 Å². The number of hydrogen-bond donors (Lipinski definition) is 4. The van der Waals surface area contributed by atoms with Gasteiger partial charge in [0.15, 0.2) is 0 Å². The van der Waals surface area contributed by atoms with E-state index in [-0.39, 0.29) is 25.4 Å². The van der Waals surface area contributed by atoms with Gasteiger partial charge in [0.2, 0.25) is 0 Å². The summed E-state index contributed by atoms with van der Waals surface area (Å²) in [4.78, 5) is 0. The molecule has 0 heterocycles. The molecule has 0 aromatic heterocycles. The van der Waals surface area contributed by atoms with E-state index in [2.05, 4.69) is 0 Å². The van der Waals surface area contributed by atoms with Gasteiger partial charge < -0.3 is 25.2 Å². The van der Waals surface area contributed by atoms with Crippen molar-refractivity contribution < 1.29 is 25.2 Å². The van der Waals surface area contributed by atoms with Crippen molar-refractivity contribution in [2.75, 3.05) is 19.8 Å². The van der Waals surface area contributed by atoms with E-state index in [0.717, 1.165) is 0 Å². The molecule has 0 fully saturated rings. The maximum absolute atomic E-state index is 8.69. The molecule has 0 aliphatic rings. The van der Waals surface area contributed by atoms with Crippen molar-refractivity contribution in [3.05, 3.63) is 0 Å². The lowest BCUT2D eigenvalue weighted by Gasteiger charge is -2.10. The number of rotatable bonds is 6. The molecule has 0 amide bonds. The van der Waals surface area contributed by atoms with Crippen molar-refractivity contribution in [1.82, 2.24) is 0 Å². The lowest BCUT2D eigenvalue weighted by Crippen LogP contribution is -2.19. The Labute approximate surface area is 91.3 Å². The van der Waals surface area contributed by atoms with Crippen LogP contribution >= 0.6 is 0 Å². The molecule has 0 bridgehead atoms. The van der Waals surface area contributed by atoms with E-state index in [1.165, 1.54) is 0 Å². The van der Waals surface area contributed by atoms with E-state index in [4.69, 9.17) is 25.2 Å². The van der Waals surface area contributed by atoms with Gasteiger partial charge in [0, 0.05) is 6.61 Å². The number of hydrogen-bond acceptors (Lipinski definition) is 5. The Hall–Kier alpha value is -0.200. The molecule has 0 spiro atoms. The molecule has 0 aromatic rings. The monoisotopic (exact) mass is 224 g/mol. The number of aliphatic hydroxyl groups excluding tert-OH is 4. The highest BCUT2D eigenvalue weighted by atomic mass is 16.5. The second kappa shape index (κ2) is 11.9. The van der Waals surface area contributed by atoms with Crippen LogP contribution < -0.4 is 0 Å². The van der Waals surface area contributed by atoms with E-state index < -0.39 is 6.10 Å². The van der Waals surface area contributed by atoms with Crippen molar-refractivity contribution in [3.63, 3.8) is 0 Å². The zero-order valence-electron chi connectivity index (χ0n) is 9.76. The summed E-state index contributed by atoms with van der Waals surface area (Å²) in [5, 5.41) is 33.6. The molecule has 0 aliphatic heterocycles. The maximum atomic E-state index is 8.69. The third-order valence-corrected chi connectivity index (χ3v) is 1.43. The Bertz CT molecular complexity index is 116. The van der Waals surface area contributed by atoms with E-state index in [9.17, 15) is 0 Å². The summed E-state index contributed by atoms with van der Waals surface area (Å²) in [6, 6.07) is 0. The molecule has 0 aromatic carbocycles. The Kier molecular flexibility index (Phi) is 13.6. The lowest BCUT2D eigenvalue weighted by atomic mass is 10.3. The van der Waals surface area contributed by atoms with Crippen molar-refractivity contribution >= 4 is 0 Å². The molecule has 0 saturated heterocycles. The van der Waals surface area contributed by atoms with Crippen LogP contribution in [-0.2, 0) is 4.74 Å². The van der Waals surface area contributed by atoms with Crippen LogP contribution in [0.3, 0.4) is 0 Å². The minimum atomic E-state index is -0.445. The second-order valence-electron chi connectivity index (χ2n) is 3.54. The van der Waals surface area contributed by atoms with Crippen molar-refractivity contribution in [3.8, 4) is 0 Å². The van der Waals surface area contributed by atoms with Crippen LogP contribution in [-0.4, -0.2) is 58.6 Å². The van der Waals surface area contributed by atoms with Crippen LogP contribution in [0.2, 0.25) is 0 Å². The lowest BCUT2D eigenvalue weighted by molar-refractivity contribution is -0.0177. The highest BCUT2D eigenvalue weighted by Gasteiger charge is 2.00. The van der Waals surface area contributed by atoms with Gasteiger partial charge in [-0.15, -0.1) is 0 Å². The minimum absolute atomic E-state index is 0.00667. The molecule has 5 nitrogen and oxygen atoms in total. The first kappa shape index (κ1) is 17.2. The summed E-state index contributed by atoms with van der Waals surface area (Å²) in [6.07, 6.45) is -0.478. The standard InChI is InChI=1S/C6H14O3.C4H10O2/c1-5(8)4-9-6(2)3-7;1-4(6)2-3-5/h5-8H,3-4H2,1-2H3;4-6H,2-3H2,1H3. The highest BCUT2D eigenvalue weighted by molar-refractivity contribution is 4.47. The zero-order chi connectivity index (χ0) is 12.3. The normalized spacial score (nSPS) is 16.2. The average molecular weight is 224 g/mol. The molecule has 3 unspecified atom stereocenters. The topological polar surface area (TPSA) is 90.2 Å². The summed E-state index contributed by atoms with van der Waals surface area (Å²) in [5.74, 6) is 0. The molecular weight excluding hydrogens is 200 g/mol. The second-order valence-corrected chi connectivity index (χ2v) is 3.54. The Morgan fingerprint density at radius 1 is 1.00 bits per heavy atom. The Balaban J connectivity index is 0. The first-order chi connectivity index (χ1) is 6.93. The zero-order valence-corrected chi connectivity index (χ0v) is 9.76. The molecular formula is C10H24O5. The first-order valence-electron chi connectivity index (χ1n) is 5.13. The minimum Gasteiger partial charge on any atom is -0.396 e. The third-order valence-electron chi connectivity index (χ3n) is 1.43. The van der Waals surface area contributed by atoms with Crippen LogP contribution in [0.25, 0.3) is 0 Å². The van der Waals surface area contributed by atoms with Crippen LogP contribution in [0, 0.1) is 0 Å². The van der Waals surface area contributed by atoms with Crippen LogP contribution in [0.4, 0.5) is 0 Å². The molecule has 3 atom stereocenters. The van der Waals surface area contributed by atoms with Gasteiger partial charge in [0.25, 0.3) is 0 Å². The quantitative estimate of drug-likeness (QED) is 0.489. The molecule has 94 valence electrons. The predicted octanol–water partition coefficient (Wildman–Crippen LogP) is -0.486. The molecule has 0 radical (unpaired) electrons. The summed E-state index contributed by atoms with van der Waals surface area (Å²) in [6.45, 7) is 5.43. The van der Waals surface area contributed by atoms with E-state index in [0.29, 0.717) is 13.0 Å². The van der Waals surface area contributed by atoms with Crippen LogP contribution in [0.15, 0.2) is 0 Å². The largest absolute Gasteiger partial charge is 0.396 e. The third kappa shape index (κ3) is 20.0. The fraction of sp³-hybridized carbons (Fsp3) is 1.00. The summed E-state index contributed by atoms with van der Waals surface area (Å²) >= 11 is 0. The Morgan fingerprint density at radius 3 is 1.73 bits per heavy atom. The van der Waals surface area contributed by atoms with Crippen molar-refractivity contribution in [2.45, 2.75) is 45.5 Å². The van der Waals surface area contributed by atoms with E-state index in [1.807, 2.05) is 0 Å². The SMILES string of the molecule is CC(O)CCO.CC(O)COC(C)CO. The smallest absolute Gasteiger partial charge is 0.0779 e. The van der Waals surface area contributed by atoms with Crippen LogP contribution in [0.1, 0.15) is 27.2 Å². The van der Waals surface area contributed by atoms with Crippen LogP contribution in [0.5, 0.6) is 0 Å². The van der Waals surface area contributed by atoms with Gasteiger partial charge >= 0.3 is 0 Å². The fourth-order valence-electron chi connectivity index (χ4n) is 0.543. The summed E-state index contributed by atoms with van der Waals surface area (Å²) in [7, 11) is 0. The van der Waals surface area contributed by atoms with Gasteiger partial charge in [-0.3, -0.25) is 0 Å². The predicted molar refractivity (Wildman–Crippen MR) is 57.6 cm³/mol. The van der Waals surface area contributed by atoms with Gasteiger partial charge in [-0.2, -0.15) is 0 Å².